The number of nitrogens with zero attached hydrogens (tertiary/aromatic N) is 3. The molecule has 156 valence electrons. The highest BCUT2D eigenvalue weighted by Crippen LogP contribution is 2.37. The first-order valence-electron chi connectivity index (χ1n) is 10.8. The average molecular weight is 404 g/mol. The Balaban J connectivity index is 1.45. The summed E-state index contributed by atoms with van der Waals surface area (Å²) in [5, 5.41) is 12.7. The van der Waals surface area contributed by atoms with E-state index in [9.17, 15) is 0 Å². The van der Waals surface area contributed by atoms with Crippen LogP contribution in [0.15, 0.2) is 52.0 Å². The molecule has 3 aromatic rings. The molecule has 0 N–H and O–H groups in total. The lowest BCUT2D eigenvalue weighted by Crippen LogP contribution is -2.04. The van der Waals surface area contributed by atoms with Crippen molar-refractivity contribution < 1.29 is 9.25 Å². The van der Waals surface area contributed by atoms with Crippen molar-refractivity contribution in [1.29, 1.82) is 0 Å². The third kappa shape index (κ3) is 4.30. The van der Waals surface area contributed by atoms with Gasteiger partial charge in [-0.3, -0.25) is 0 Å². The van der Waals surface area contributed by atoms with Gasteiger partial charge in [0.1, 0.15) is 11.8 Å². The summed E-state index contributed by atoms with van der Waals surface area (Å²) in [6.45, 7) is 8.12. The lowest BCUT2D eigenvalue weighted by atomic mass is 10.00. The normalized spacial score (nSPS) is 13.9. The molecule has 0 unspecified atom stereocenters. The molecule has 0 bridgehead atoms. The number of aryl methyl sites for hydroxylation is 2. The van der Waals surface area contributed by atoms with Crippen LogP contribution >= 0.6 is 0 Å². The van der Waals surface area contributed by atoms with E-state index in [0.29, 0.717) is 0 Å². The highest BCUT2D eigenvalue weighted by atomic mass is 16.6. The number of fused-ring (bicyclic) bond motifs is 3. The van der Waals surface area contributed by atoms with Crippen LogP contribution in [0.2, 0.25) is 0 Å². The predicted molar refractivity (Wildman–Crippen MR) is 119 cm³/mol. The van der Waals surface area contributed by atoms with Gasteiger partial charge in [-0.1, -0.05) is 55.4 Å². The standard InChI is InChI=1S/C25H29N3O2/c1-16(2)25-27-26-23(29-25)12-8-5-9-18-13-14-20-19-10-6-7-11-21(19)24(22(20)15-18)28-30-17(3)4/h6-7,10-11,13-17H,5,8-9,12H2,1-4H3. The van der Waals surface area contributed by atoms with E-state index in [2.05, 4.69) is 71.7 Å². The lowest BCUT2D eigenvalue weighted by Gasteiger charge is -2.07. The van der Waals surface area contributed by atoms with E-state index in [0.717, 1.165) is 54.3 Å². The quantitative estimate of drug-likeness (QED) is 0.271. The summed E-state index contributed by atoms with van der Waals surface area (Å²) in [6, 6.07) is 15.1. The number of aromatic nitrogens is 2. The summed E-state index contributed by atoms with van der Waals surface area (Å²) < 4.78 is 5.70. The molecule has 0 saturated carbocycles. The molecule has 1 heterocycles. The fraction of sp³-hybridized carbons (Fsp3) is 0.400. The zero-order valence-electron chi connectivity index (χ0n) is 18.2. The smallest absolute Gasteiger partial charge is 0.219 e. The van der Waals surface area contributed by atoms with Crippen molar-refractivity contribution >= 4 is 5.71 Å². The third-order valence-corrected chi connectivity index (χ3v) is 5.25. The van der Waals surface area contributed by atoms with Gasteiger partial charge >= 0.3 is 0 Å². The van der Waals surface area contributed by atoms with Crippen LogP contribution in [0.3, 0.4) is 0 Å². The van der Waals surface area contributed by atoms with Crippen molar-refractivity contribution in [3.63, 3.8) is 0 Å². The summed E-state index contributed by atoms with van der Waals surface area (Å²) in [4.78, 5) is 5.61. The second kappa shape index (κ2) is 8.82. The Hall–Kier alpha value is -2.95. The minimum absolute atomic E-state index is 0.0535. The second-order valence-electron chi connectivity index (χ2n) is 8.42. The van der Waals surface area contributed by atoms with Crippen molar-refractivity contribution in [2.45, 2.75) is 65.4 Å². The van der Waals surface area contributed by atoms with E-state index in [4.69, 9.17) is 9.25 Å². The molecular weight excluding hydrogens is 374 g/mol. The van der Waals surface area contributed by atoms with Crippen LogP contribution in [0, 0.1) is 0 Å². The zero-order valence-corrected chi connectivity index (χ0v) is 18.2. The molecular formula is C25H29N3O2. The molecule has 5 nitrogen and oxygen atoms in total. The highest BCUT2D eigenvalue weighted by Gasteiger charge is 2.25. The van der Waals surface area contributed by atoms with Crippen LogP contribution in [0.25, 0.3) is 11.1 Å². The monoisotopic (exact) mass is 403 g/mol. The fourth-order valence-electron chi connectivity index (χ4n) is 3.71. The van der Waals surface area contributed by atoms with E-state index in [1.807, 2.05) is 13.8 Å². The molecule has 0 radical (unpaired) electrons. The van der Waals surface area contributed by atoms with Gasteiger partial charge in [-0.15, -0.1) is 10.2 Å². The van der Waals surface area contributed by atoms with Gasteiger partial charge in [-0.05, 0) is 55.9 Å². The average Bonchev–Trinajstić information content (AvgIpc) is 3.32. The van der Waals surface area contributed by atoms with Gasteiger partial charge in [0.25, 0.3) is 0 Å². The summed E-state index contributed by atoms with van der Waals surface area (Å²) in [5.74, 6) is 1.74. The zero-order chi connectivity index (χ0) is 21.1. The molecule has 1 aliphatic rings. The van der Waals surface area contributed by atoms with E-state index in [-0.39, 0.29) is 12.0 Å². The van der Waals surface area contributed by atoms with Crippen molar-refractivity contribution in [3.8, 4) is 11.1 Å². The van der Waals surface area contributed by atoms with Crippen molar-refractivity contribution in [1.82, 2.24) is 10.2 Å². The number of hydrogen-bond acceptors (Lipinski definition) is 5. The van der Waals surface area contributed by atoms with E-state index < -0.39 is 0 Å². The molecule has 30 heavy (non-hydrogen) atoms. The van der Waals surface area contributed by atoms with Gasteiger partial charge in [0.05, 0.1) is 0 Å². The van der Waals surface area contributed by atoms with E-state index >= 15 is 0 Å². The minimum Gasteiger partial charge on any atom is -0.425 e. The maximum absolute atomic E-state index is 5.70. The first kappa shape index (κ1) is 20.3. The first-order valence-corrected chi connectivity index (χ1v) is 10.8. The number of hydrogen-bond donors (Lipinski definition) is 0. The van der Waals surface area contributed by atoms with Gasteiger partial charge < -0.3 is 9.25 Å². The van der Waals surface area contributed by atoms with Crippen LogP contribution in [-0.2, 0) is 17.7 Å². The van der Waals surface area contributed by atoms with E-state index in [1.165, 1.54) is 16.7 Å². The summed E-state index contributed by atoms with van der Waals surface area (Å²) in [5.41, 5.74) is 7.00. The number of unbranched alkanes of at least 4 members (excludes halogenated alkanes) is 1. The maximum atomic E-state index is 5.70. The number of rotatable bonds is 8. The third-order valence-electron chi connectivity index (χ3n) is 5.25. The van der Waals surface area contributed by atoms with Gasteiger partial charge in [-0.25, -0.2) is 0 Å². The van der Waals surface area contributed by atoms with Crippen LogP contribution in [-0.4, -0.2) is 22.0 Å². The highest BCUT2D eigenvalue weighted by molar-refractivity contribution is 6.24. The summed E-state index contributed by atoms with van der Waals surface area (Å²) in [7, 11) is 0. The molecule has 0 fully saturated rings. The van der Waals surface area contributed by atoms with Crippen molar-refractivity contribution in [2.24, 2.45) is 5.16 Å². The fourth-order valence-corrected chi connectivity index (χ4v) is 3.71. The van der Waals surface area contributed by atoms with E-state index in [1.54, 1.807) is 0 Å². The topological polar surface area (TPSA) is 60.5 Å². The molecule has 1 aliphatic carbocycles. The SMILES string of the molecule is CC(C)ON=C1c2ccccc2-c2ccc(CCCCc3nnc(C(C)C)o3)cc21. The lowest BCUT2D eigenvalue weighted by molar-refractivity contribution is 0.0863. The molecule has 0 saturated heterocycles. The molecule has 0 spiro atoms. The predicted octanol–water partition coefficient (Wildman–Crippen LogP) is 5.92. The Morgan fingerprint density at radius 2 is 1.60 bits per heavy atom. The Labute approximate surface area is 178 Å². The molecule has 1 aromatic heterocycles. The minimum atomic E-state index is 0.0535. The van der Waals surface area contributed by atoms with Gasteiger partial charge in [0, 0.05) is 23.5 Å². The largest absolute Gasteiger partial charge is 0.425 e. The van der Waals surface area contributed by atoms with Gasteiger partial charge in [0.2, 0.25) is 11.8 Å². The molecule has 0 aliphatic heterocycles. The second-order valence-corrected chi connectivity index (χ2v) is 8.42. The molecule has 2 aromatic carbocycles. The van der Waals surface area contributed by atoms with Gasteiger partial charge in [-0.2, -0.15) is 0 Å². The Morgan fingerprint density at radius 3 is 2.33 bits per heavy atom. The van der Waals surface area contributed by atoms with Crippen molar-refractivity contribution in [2.75, 3.05) is 0 Å². The number of oxime groups is 1. The van der Waals surface area contributed by atoms with Crippen LogP contribution in [0.5, 0.6) is 0 Å². The van der Waals surface area contributed by atoms with Gasteiger partial charge in [0.15, 0.2) is 0 Å². The Morgan fingerprint density at radius 1 is 0.867 bits per heavy atom. The Bertz CT molecular complexity index is 1050. The summed E-state index contributed by atoms with van der Waals surface area (Å²) in [6.07, 6.45) is 3.98. The molecule has 0 amide bonds. The Kier molecular flexibility index (Phi) is 5.98. The molecule has 5 heteroatoms. The number of benzene rings is 2. The summed E-state index contributed by atoms with van der Waals surface area (Å²) >= 11 is 0. The maximum Gasteiger partial charge on any atom is 0.219 e. The van der Waals surface area contributed by atoms with Crippen LogP contribution in [0.1, 0.15) is 74.9 Å². The van der Waals surface area contributed by atoms with Crippen molar-refractivity contribution in [3.05, 3.63) is 70.9 Å². The van der Waals surface area contributed by atoms with Crippen LogP contribution in [0.4, 0.5) is 0 Å². The van der Waals surface area contributed by atoms with Crippen LogP contribution < -0.4 is 0 Å². The molecule has 4 rings (SSSR count). The first-order chi connectivity index (χ1) is 14.5. The molecule has 0 atom stereocenters.